The van der Waals surface area contributed by atoms with Crippen LogP contribution in [0.5, 0.6) is 0 Å². The van der Waals surface area contributed by atoms with Crippen LogP contribution in [-0.2, 0) is 0 Å². The summed E-state index contributed by atoms with van der Waals surface area (Å²) >= 11 is 1.47. The fourth-order valence-corrected chi connectivity index (χ4v) is 4.04. The number of para-hydroxylation sites is 1. The molecule has 0 aliphatic carbocycles. The highest BCUT2D eigenvalue weighted by Gasteiger charge is 2.17. The second kappa shape index (κ2) is 6.42. The van der Waals surface area contributed by atoms with Gasteiger partial charge in [0.1, 0.15) is 4.83 Å². The molecule has 0 unspecified atom stereocenters. The van der Waals surface area contributed by atoms with Gasteiger partial charge in [0.05, 0.1) is 16.3 Å². The van der Waals surface area contributed by atoms with Gasteiger partial charge in [0.15, 0.2) is 0 Å². The number of nitrogens with zero attached hydrogens (tertiary/aromatic N) is 2. The zero-order chi connectivity index (χ0) is 18.3. The molecule has 0 spiro atoms. The lowest BCUT2D eigenvalue weighted by molar-refractivity contribution is 0.103. The largest absolute Gasteiger partial charge is 0.321 e. The van der Waals surface area contributed by atoms with Crippen molar-refractivity contribution < 1.29 is 4.79 Å². The number of anilines is 1. The minimum Gasteiger partial charge on any atom is -0.321 e. The van der Waals surface area contributed by atoms with Gasteiger partial charge in [-0.2, -0.15) is 5.10 Å². The van der Waals surface area contributed by atoms with Gasteiger partial charge in [-0.15, -0.1) is 11.3 Å². The molecule has 5 heteroatoms. The molecule has 1 N–H and O–H groups in total. The Kier molecular flexibility index (Phi) is 4.09. The molecule has 0 saturated heterocycles. The van der Waals surface area contributed by atoms with Crippen LogP contribution < -0.4 is 5.32 Å². The Labute approximate surface area is 156 Å². The molecule has 0 aliphatic rings. The van der Waals surface area contributed by atoms with Gasteiger partial charge in [-0.3, -0.25) is 4.79 Å². The smallest absolute Gasteiger partial charge is 0.265 e. The number of hydrogen-bond donors (Lipinski definition) is 1. The topological polar surface area (TPSA) is 46.9 Å². The molecule has 2 aromatic heterocycles. The predicted octanol–water partition coefficient (Wildman–Crippen LogP) is 5.26. The van der Waals surface area contributed by atoms with Gasteiger partial charge in [-0.05, 0) is 56.2 Å². The molecule has 0 atom stereocenters. The number of carbonyl (C=O) groups is 1. The van der Waals surface area contributed by atoms with E-state index in [0.29, 0.717) is 4.88 Å². The van der Waals surface area contributed by atoms with Crippen molar-refractivity contribution >= 4 is 33.1 Å². The molecule has 0 fully saturated rings. The van der Waals surface area contributed by atoms with E-state index in [9.17, 15) is 4.79 Å². The summed E-state index contributed by atoms with van der Waals surface area (Å²) in [5.74, 6) is -0.0843. The van der Waals surface area contributed by atoms with E-state index in [1.165, 1.54) is 11.3 Å². The molecule has 0 bridgehead atoms. The minimum absolute atomic E-state index is 0.0843. The normalized spacial score (nSPS) is 11.0. The van der Waals surface area contributed by atoms with Gasteiger partial charge in [0, 0.05) is 11.1 Å². The Morgan fingerprint density at radius 3 is 2.58 bits per heavy atom. The summed E-state index contributed by atoms with van der Waals surface area (Å²) in [7, 11) is 0. The summed E-state index contributed by atoms with van der Waals surface area (Å²) in [5.41, 5.74) is 4.95. The number of rotatable bonds is 3. The fourth-order valence-electron chi connectivity index (χ4n) is 2.96. The Balaban J connectivity index is 1.71. The van der Waals surface area contributed by atoms with Crippen LogP contribution in [0.4, 0.5) is 5.69 Å². The van der Waals surface area contributed by atoms with Crippen molar-refractivity contribution in [1.82, 2.24) is 9.78 Å². The molecule has 0 saturated carbocycles. The van der Waals surface area contributed by atoms with Crippen molar-refractivity contribution in [2.45, 2.75) is 20.8 Å². The molecule has 4 rings (SSSR count). The summed E-state index contributed by atoms with van der Waals surface area (Å²) in [6.07, 6.45) is 0. The summed E-state index contributed by atoms with van der Waals surface area (Å²) in [5, 5.41) is 8.68. The number of amides is 1. The van der Waals surface area contributed by atoms with Crippen LogP contribution in [0.1, 0.15) is 26.5 Å². The number of aryl methyl sites for hydroxylation is 3. The van der Waals surface area contributed by atoms with Crippen molar-refractivity contribution in [2.24, 2.45) is 0 Å². The molecular weight excluding hydrogens is 342 g/mol. The Bertz CT molecular complexity index is 1110. The van der Waals surface area contributed by atoms with Gasteiger partial charge in [-0.1, -0.05) is 30.3 Å². The van der Waals surface area contributed by atoms with E-state index in [1.807, 2.05) is 80.1 Å². The zero-order valence-corrected chi connectivity index (χ0v) is 15.7. The quantitative estimate of drug-likeness (QED) is 0.541. The van der Waals surface area contributed by atoms with Crippen LogP contribution in [0.2, 0.25) is 0 Å². The van der Waals surface area contributed by atoms with Crippen molar-refractivity contribution in [2.75, 3.05) is 5.32 Å². The molecule has 0 radical (unpaired) electrons. The lowest BCUT2D eigenvalue weighted by atomic mass is 10.1. The van der Waals surface area contributed by atoms with Gasteiger partial charge < -0.3 is 5.32 Å². The zero-order valence-electron chi connectivity index (χ0n) is 14.9. The summed E-state index contributed by atoms with van der Waals surface area (Å²) < 4.78 is 1.91. The molecule has 2 heterocycles. The summed E-state index contributed by atoms with van der Waals surface area (Å²) in [4.78, 5) is 14.4. The molecule has 130 valence electrons. The third-order valence-corrected chi connectivity index (χ3v) is 5.52. The van der Waals surface area contributed by atoms with E-state index < -0.39 is 0 Å². The first-order valence-corrected chi connectivity index (χ1v) is 9.28. The molecule has 4 nitrogen and oxygen atoms in total. The van der Waals surface area contributed by atoms with Crippen LogP contribution in [-0.4, -0.2) is 15.7 Å². The van der Waals surface area contributed by atoms with E-state index in [1.54, 1.807) is 0 Å². The van der Waals surface area contributed by atoms with E-state index in [0.717, 1.165) is 38.4 Å². The highest BCUT2D eigenvalue weighted by Crippen LogP contribution is 2.31. The van der Waals surface area contributed by atoms with E-state index >= 15 is 0 Å². The van der Waals surface area contributed by atoms with Crippen molar-refractivity contribution in [3.63, 3.8) is 0 Å². The van der Waals surface area contributed by atoms with Crippen molar-refractivity contribution in [1.29, 1.82) is 0 Å². The SMILES string of the molecule is Cc1ccc(C)c(NC(=O)c2cc3c(C)nn(-c4ccccc4)c3s2)c1. The van der Waals surface area contributed by atoms with Crippen LogP contribution in [0.25, 0.3) is 15.9 Å². The number of fused-ring (bicyclic) bond motifs is 1. The van der Waals surface area contributed by atoms with Crippen LogP contribution >= 0.6 is 11.3 Å². The van der Waals surface area contributed by atoms with Crippen LogP contribution in [0.15, 0.2) is 54.6 Å². The maximum absolute atomic E-state index is 12.8. The molecule has 1 amide bonds. The first kappa shape index (κ1) is 16.5. The maximum atomic E-state index is 12.8. The standard InChI is InChI=1S/C21H19N3OS/c1-13-9-10-14(2)18(11-13)22-20(25)19-12-17-15(3)23-24(21(17)26-19)16-7-5-4-6-8-16/h4-12H,1-3H3,(H,22,25). The Morgan fingerprint density at radius 2 is 1.81 bits per heavy atom. The van der Waals surface area contributed by atoms with Crippen LogP contribution in [0.3, 0.4) is 0 Å². The maximum Gasteiger partial charge on any atom is 0.265 e. The Morgan fingerprint density at radius 1 is 1.04 bits per heavy atom. The molecule has 2 aromatic carbocycles. The highest BCUT2D eigenvalue weighted by molar-refractivity contribution is 7.20. The highest BCUT2D eigenvalue weighted by atomic mass is 32.1. The summed E-state index contributed by atoms with van der Waals surface area (Å²) in [6.45, 7) is 5.99. The minimum atomic E-state index is -0.0843. The van der Waals surface area contributed by atoms with Crippen LogP contribution in [0, 0.1) is 20.8 Å². The number of benzene rings is 2. The monoisotopic (exact) mass is 361 g/mol. The Hall–Kier alpha value is -2.92. The van der Waals surface area contributed by atoms with Gasteiger partial charge in [0.25, 0.3) is 5.91 Å². The number of thiophene rings is 1. The first-order valence-electron chi connectivity index (χ1n) is 8.46. The molecule has 4 aromatic rings. The van der Waals surface area contributed by atoms with E-state index in [4.69, 9.17) is 0 Å². The second-order valence-electron chi connectivity index (χ2n) is 6.43. The third kappa shape index (κ3) is 2.91. The van der Waals surface area contributed by atoms with Crippen molar-refractivity contribution in [3.05, 3.63) is 76.3 Å². The molecule has 0 aliphatic heterocycles. The average Bonchev–Trinajstić information content (AvgIpc) is 3.20. The first-order chi connectivity index (χ1) is 12.5. The number of nitrogens with one attached hydrogen (secondary N) is 1. The number of hydrogen-bond acceptors (Lipinski definition) is 3. The van der Waals surface area contributed by atoms with E-state index in [2.05, 4.69) is 10.4 Å². The molecule has 26 heavy (non-hydrogen) atoms. The average molecular weight is 361 g/mol. The summed E-state index contributed by atoms with van der Waals surface area (Å²) in [6, 6.07) is 18.0. The third-order valence-electron chi connectivity index (χ3n) is 4.41. The van der Waals surface area contributed by atoms with Gasteiger partial charge in [-0.25, -0.2) is 4.68 Å². The van der Waals surface area contributed by atoms with Gasteiger partial charge in [0.2, 0.25) is 0 Å². The van der Waals surface area contributed by atoms with E-state index in [-0.39, 0.29) is 5.91 Å². The predicted molar refractivity (Wildman–Crippen MR) is 108 cm³/mol. The fraction of sp³-hybridized carbons (Fsp3) is 0.143. The van der Waals surface area contributed by atoms with Crippen molar-refractivity contribution in [3.8, 4) is 5.69 Å². The number of aromatic nitrogens is 2. The second-order valence-corrected chi connectivity index (χ2v) is 7.47. The molecular formula is C21H19N3OS. The lowest BCUT2D eigenvalue weighted by Gasteiger charge is -2.08. The number of carbonyl (C=O) groups excluding carboxylic acids is 1. The van der Waals surface area contributed by atoms with Gasteiger partial charge >= 0.3 is 0 Å². The lowest BCUT2D eigenvalue weighted by Crippen LogP contribution is -2.11.